The van der Waals surface area contributed by atoms with Crippen LogP contribution in [0.15, 0.2) is 48.5 Å². The number of rotatable bonds is 6. The number of amides is 1. The molecule has 0 fully saturated rings. The molecule has 9 heteroatoms. The summed E-state index contributed by atoms with van der Waals surface area (Å²) in [5.74, 6) is -1.49. The average molecular weight is 392 g/mol. The fourth-order valence-electron chi connectivity index (χ4n) is 2.12. The smallest absolute Gasteiger partial charge is 0.416 e. The normalized spacial score (nSPS) is 11.8. The molecule has 1 amide bonds. The Bertz CT molecular complexity index is 907. The summed E-state index contributed by atoms with van der Waals surface area (Å²) in [6.07, 6.45) is -5.81. The third-order valence-electron chi connectivity index (χ3n) is 3.49. The lowest BCUT2D eigenvalue weighted by atomic mass is 10.2. The Morgan fingerprint density at radius 2 is 1.89 bits per heavy atom. The van der Waals surface area contributed by atoms with Crippen LogP contribution in [-0.2, 0) is 20.5 Å². The van der Waals surface area contributed by atoms with E-state index in [0.29, 0.717) is 0 Å². The van der Waals surface area contributed by atoms with Gasteiger partial charge in [0, 0.05) is 5.69 Å². The van der Waals surface area contributed by atoms with Crippen LogP contribution in [0.25, 0.3) is 0 Å². The van der Waals surface area contributed by atoms with E-state index in [1.54, 1.807) is 12.1 Å². The Hall–Kier alpha value is -3.54. The van der Waals surface area contributed by atoms with Gasteiger partial charge in [-0.2, -0.15) is 18.4 Å². The van der Waals surface area contributed by atoms with Crippen molar-refractivity contribution in [1.82, 2.24) is 0 Å². The molecule has 0 aromatic heterocycles. The van der Waals surface area contributed by atoms with Gasteiger partial charge in [0.2, 0.25) is 0 Å². The highest BCUT2D eigenvalue weighted by molar-refractivity contribution is 5.95. The fraction of sp³-hybridized carbons (Fsp3) is 0.211. The molecule has 1 N–H and O–H groups in total. The second-order valence-electron chi connectivity index (χ2n) is 5.60. The minimum Gasteiger partial charge on any atom is -0.481 e. The number of esters is 1. The van der Waals surface area contributed by atoms with Crippen LogP contribution in [0.1, 0.15) is 18.1 Å². The van der Waals surface area contributed by atoms with Gasteiger partial charge in [0.1, 0.15) is 11.8 Å². The largest absolute Gasteiger partial charge is 0.481 e. The maximum Gasteiger partial charge on any atom is 0.416 e. The Morgan fingerprint density at radius 1 is 1.18 bits per heavy atom. The number of alkyl halides is 3. The summed E-state index contributed by atoms with van der Waals surface area (Å²) in [5.41, 5.74) is -0.771. The predicted molar refractivity (Wildman–Crippen MR) is 92.3 cm³/mol. The van der Waals surface area contributed by atoms with Crippen LogP contribution < -0.4 is 10.1 Å². The number of carbonyl (C=O) groups is 2. The number of anilines is 1. The van der Waals surface area contributed by atoms with Crippen LogP contribution in [0.4, 0.5) is 18.9 Å². The van der Waals surface area contributed by atoms with Crippen molar-refractivity contribution in [3.63, 3.8) is 0 Å². The Balaban J connectivity index is 1.90. The number of carbonyl (C=O) groups excluding carboxylic acids is 2. The molecule has 0 aliphatic heterocycles. The second-order valence-corrected chi connectivity index (χ2v) is 5.60. The topological polar surface area (TPSA) is 88.4 Å². The van der Waals surface area contributed by atoms with E-state index < -0.39 is 36.3 Å². The van der Waals surface area contributed by atoms with E-state index in [0.717, 1.165) is 18.2 Å². The van der Waals surface area contributed by atoms with Crippen molar-refractivity contribution in [3.05, 3.63) is 59.7 Å². The molecule has 0 bridgehead atoms. The maximum absolute atomic E-state index is 12.7. The number of nitrogens with zero attached hydrogens (tertiary/aromatic N) is 1. The number of nitriles is 1. The lowest BCUT2D eigenvalue weighted by Crippen LogP contribution is -2.31. The van der Waals surface area contributed by atoms with Crippen molar-refractivity contribution < 1.29 is 32.2 Å². The molecule has 2 rings (SSSR count). The third kappa shape index (κ3) is 5.74. The first-order valence-electron chi connectivity index (χ1n) is 8.00. The van der Waals surface area contributed by atoms with Gasteiger partial charge in [-0.05, 0) is 37.3 Å². The molecule has 1 atom stereocenters. The molecule has 6 nitrogen and oxygen atoms in total. The van der Waals surface area contributed by atoms with Crippen molar-refractivity contribution in [2.24, 2.45) is 0 Å². The zero-order valence-corrected chi connectivity index (χ0v) is 14.6. The monoisotopic (exact) mass is 392 g/mol. The molecule has 0 radical (unpaired) electrons. The number of ether oxygens (including phenoxy) is 2. The van der Waals surface area contributed by atoms with Gasteiger partial charge in [-0.3, -0.25) is 4.79 Å². The van der Waals surface area contributed by atoms with Gasteiger partial charge in [-0.25, -0.2) is 4.79 Å². The zero-order valence-electron chi connectivity index (χ0n) is 14.6. The van der Waals surface area contributed by atoms with Crippen LogP contribution in [0.5, 0.6) is 5.75 Å². The molecule has 0 saturated carbocycles. The predicted octanol–water partition coefficient (Wildman–Crippen LogP) is 3.53. The van der Waals surface area contributed by atoms with E-state index in [1.165, 1.54) is 25.1 Å². The number of benzene rings is 2. The van der Waals surface area contributed by atoms with E-state index in [-0.39, 0.29) is 17.0 Å². The summed E-state index contributed by atoms with van der Waals surface area (Å²) in [7, 11) is 0. The van der Waals surface area contributed by atoms with Crippen molar-refractivity contribution in [3.8, 4) is 11.8 Å². The Labute approximate surface area is 158 Å². The molecule has 0 unspecified atom stereocenters. The van der Waals surface area contributed by atoms with Crippen LogP contribution in [0.2, 0.25) is 0 Å². The molecule has 146 valence electrons. The van der Waals surface area contributed by atoms with E-state index in [9.17, 15) is 22.8 Å². The van der Waals surface area contributed by atoms with Gasteiger partial charge in [0.15, 0.2) is 12.7 Å². The first-order chi connectivity index (χ1) is 13.2. The van der Waals surface area contributed by atoms with Crippen molar-refractivity contribution in [2.45, 2.75) is 19.2 Å². The second kappa shape index (κ2) is 8.90. The van der Waals surface area contributed by atoms with Crippen molar-refractivity contribution in [2.75, 3.05) is 11.9 Å². The SMILES string of the molecule is C[C@H](OC(=O)COc1ccccc1C#N)C(=O)Nc1cccc(C(F)(F)F)c1. The van der Waals surface area contributed by atoms with Gasteiger partial charge in [-0.1, -0.05) is 18.2 Å². The quantitative estimate of drug-likeness (QED) is 0.760. The lowest BCUT2D eigenvalue weighted by molar-refractivity contribution is -0.155. The molecule has 2 aromatic carbocycles. The average Bonchev–Trinajstić information content (AvgIpc) is 2.66. The van der Waals surface area contributed by atoms with Gasteiger partial charge in [0.25, 0.3) is 5.91 Å². The highest BCUT2D eigenvalue weighted by Crippen LogP contribution is 2.30. The van der Waals surface area contributed by atoms with Gasteiger partial charge >= 0.3 is 12.1 Å². The first kappa shape index (κ1) is 20.8. The van der Waals surface area contributed by atoms with Gasteiger partial charge in [0.05, 0.1) is 11.1 Å². The maximum atomic E-state index is 12.7. The molecular weight excluding hydrogens is 377 g/mol. The van der Waals surface area contributed by atoms with Crippen molar-refractivity contribution >= 4 is 17.6 Å². The van der Waals surface area contributed by atoms with E-state index in [4.69, 9.17) is 14.7 Å². The molecule has 0 spiro atoms. The van der Waals surface area contributed by atoms with Gasteiger partial charge < -0.3 is 14.8 Å². The highest BCUT2D eigenvalue weighted by atomic mass is 19.4. The van der Waals surface area contributed by atoms with Crippen LogP contribution in [0.3, 0.4) is 0 Å². The van der Waals surface area contributed by atoms with E-state index >= 15 is 0 Å². The zero-order chi connectivity index (χ0) is 20.7. The summed E-state index contributed by atoms with van der Waals surface area (Å²) in [4.78, 5) is 23.8. The summed E-state index contributed by atoms with van der Waals surface area (Å²) in [6.45, 7) is 0.726. The van der Waals surface area contributed by atoms with Crippen LogP contribution in [0, 0.1) is 11.3 Å². The molecule has 0 saturated heterocycles. The number of para-hydroxylation sites is 1. The van der Waals surface area contributed by atoms with Crippen LogP contribution in [-0.4, -0.2) is 24.6 Å². The minimum absolute atomic E-state index is 0.0816. The van der Waals surface area contributed by atoms with Crippen LogP contribution >= 0.6 is 0 Å². The number of hydrogen-bond acceptors (Lipinski definition) is 5. The number of halogens is 3. The molecular formula is C19H15F3N2O4. The van der Waals surface area contributed by atoms with Crippen molar-refractivity contribution in [1.29, 1.82) is 5.26 Å². The highest BCUT2D eigenvalue weighted by Gasteiger charge is 2.30. The number of hydrogen-bond donors (Lipinski definition) is 1. The summed E-state index contributed by atoms with van der Waals surface area (Å²) in [5, 5.41) is 11.2. The molecule has 28 heavy (non-hydrogen) atoms. The minimum atomic E-state index is -4.55. The van der Waals surface area contributed by atoms with E-state index in [1.807, 2.05) is 6.07 Å². The van der Waals surface area contributed by atoms with E-state index in [2.05, 4.69) is 5.32 Å². The molecule has 2 aromatic rings. The fourth-order valence-corrected chi connectivity index (χ4v) is 2.12. The number of nitrogens with one attached hydrogen (secondary N) is 1. The molecule has 0 aliphatic rings. The van der Waals surface area contributed by atoms with Gasteiger partial charge in [-0.15, -0.1) is 0 Å². The summed E-state index contributed by atoms with van der Waals surface area (Å²) in [6, 6.07) is 12.2. The summed E-state index contributed by atoms with van der Waals surface area (Å²) < 4.78 is 48.2. The summed E-state index contributed by atoms with van der Waals surface area (Å²) >= 11 is 0. The Kier molecular flexibility index (Phi) is 6.60. The first-order valence-corrected chi connectivity index (χ1v) is 8.00. The standard InChI is InChI=1S/C19H15F3N2O4/c1-12(18(26)24-15-7-4-6-14(9-15)19(20,21)22)28-17(25)11-27-16-8-3-2-5-13(16)10-23/h2-9,12H,11H2,1H3,(H,24,26)/t12-/m0/s1. The molecule has 0 heterocycles. The molecule has 0 aliphatic carbocycles. The lowest BCUT2D eigenvalue weighted by Gasteiger charge is -2.15. The third-order valence-corrected chi connectivity index (χ3v) is 3.49. The Morgan fingerprint density at radius 3 is 2.57 bits per heavy atom.